The highest BCUT2D eigenvalue weighted by Gasteiger charge is 2.15. The minimum atomic E-state index is -0.534. The van der Waals surface area contributed by atoms with E-state index >= 15 is 0 Å². The van der Waals surface area contributed by atoms with E-state index in [1.165, 1.54) is 0 Å². The van der Waals surface area contributed by atoms with Crippen molar-refractivity contribution in [1.82, 2.24) is 4.57 Å². The molecule has 4 aromatic rings. The van der Waals surface area contributed by atoms with Crippen LogP contribution in [-0.4, -0.2) is 22.2 Å². The van der Waals surface area contributed by atoms with Crippen LogP contribution < -0.4 is 4.74 Å². The minimum Gasteiger partial charge on any atom is -0.493 e. The Morgan fingerprint density at radius 1 is 1.10 bits per heavy atom. The largest absolute Gasteiger partial charge is 0.493 e. The quantitative estimate of drug-likeness (QED) is 0.379. The van der Waals surface area contributed by atoms with Crippen molar-refractivity contribution in [1.29, 1.82) is 0 Å². The first-order chi connectivity index (χ1) is 14.1. The van der Waals surface area contributed by atoms with Crippen molar-refractivity contribution in [2.75, 3.05) is 6.61 Å². The number of aromatic nitrogens is 1. The van der Waals surface area contributed by atoms with Crippen molar-refractivity contribution in [2.24, 2.45) is 10.2 Å². The van der Waals surface area contributed by atoms with Crippen molar-refractivity contribution < 1.29 is 14.6 Å². The third-order valence-corrected chi connectivity index (χ3v) is 5.12. The fraction of sp³-hybridized carbons (Fsp3) is 0.136. The molecule has 0 aliphatic carbocycles. The SMILES string of the molecule is CCn1c(O)c(N=NC(=O)COc2ccc3cc(Br)ccc3c2)c2ccccc21. The van der Waals surface area contributed by atoms with Gasteiger partial charge in [-0.1, -0.05) is 46.3 Å². The summed E-state index contributed by atoms with van der Waals surface area (Å²) in [5.74, 6) is 0.0364. The van der Waals surface area contributed by atoms with E-state index in [2.05, 4.69) is 26.2 Å². The highest BCUT2D eigenvalue weighted by molar-refractivity contribution is 9.10. The summed E-state index contributed by atoms with van der Waals surface area (Å²) in [6.07, 6.45) is 0. The number of rotatable bonds is 5. The fourth-order valence-electron chi connectivity index (χ4n) is 3.25. The average Bonchev–Trinajstić information content (AvgIpc) is 3.01. The van der Waals surface area contributed by atoms with Gasteiger partial charge in [0, 0.05) is 16.4 Å². The molecule has 0 aliphatic rings. The van der Waals surface area contributed by atoms with Crippen LogP contribution in [0.1, 0.15) is 6.92 Å². The number of carbonyl (C=O) groups is 1. The van der Waals surface area contributed by atoms with Gasteiger partial charge in [-0.2, -0.15) is 0 Å². The maximum absolute atomic E-state index is 12.1. The number of benzene rings is 3. The summed E-state index contributed by atoms with van der Waals surface area (Å²) in [5.41, 5.74) is 1.13. The normalized spacial score (nSPS) is 11.5. The fourth-order valence-corrected chi connectivity index (χ4v) is 3.63. The summed E-state index contributed by atoms with van der Waals surface area (Å²) in [6, 6.07) is 19.0. The molecule has 1 amide bonds. The van der Waals surface area contributed by atoms with Gasteiger partial charge in [-0.25, -0.2) is 0 Å². The monoisotopic (exact) mass is 451 g/mol. The maximum Gasteiger partial charge on any atom is 0.302 e. The second-order valence-corrected chi connectivity index (χ2v) is 7.38. The molecule has 29 heavy (non-hydrogen) atoms. The zero-order chi connectivity index (χ0) is 20.4. The van der Waals surface area contributed by atoms with Crippen LogP contribution in [0.4, 0.5) is 5.69 Å². The zero-order valence-electron chi connectivity index (χ0n) is 15.7. The Hall–Kier alpha value is -3.19. The van der Waals surface area contributed by atoms with Gasteiger partial charge in [0.2, 0.25) is 5.88 Å². The van der Waals surface area contributed by atoms with E-state index < -0.39 is 5.91 Å². The van der Waals surface area contributed by atoms with Crippen molar-refractivity contribution in [3.05, 3.63) is 65.1 Å². The van der Waals surface area contributed by atoms with Crippen LogP contribution in [0.2, 0.25) is 0 Å². The van der Waals surface area contributed by atoms with Gasteiger partial charge < -0.3 is 14.4 Å². The van der Waals surface area contributed by atoms with Crippen LogP contribution in [-0.2, 0) is 11.3 Å². The van der Waals surface area contributed by atoms with E-state index in [1.807, 2.05) is 61.5 Å². The van der Waals surface area contributed by atoms with Crippen LogP contribution in [0.3, 0.4) is 0 Å². The standard InChI is InChI=1S/C22H18BrN3O3/c1-2-26-19-6-4-3-5-18(19)21(22(26)28)25-24-20(27)13-29-17-10-8-14-11-16(23)9-7-15(14)12-17/h3-12,28H,2,13H2,1H3. The van der Waals surface area contributed by atoms with Crippen molar-refractivity contribution in [3.8, 4) is 11.6 Å². The van der Waals surface area contributed by atoms with Gasteiger partial charge in [-0.05, 0) is 48.0 Å². The Balaban J connectivity index is 1.49. The number of carbonyl (C=O) groups excluding carboxylic acids is 1. The lowest BCUT2D eigenvalue weighted by atomic mass is 10.1. The van der Waals surface area contributed by atoms with Gasteiger partial charge in [0.1, 0.15) is 5.75 Å². The molecule has 0 aliphatic heterocycles. The Bertz CT molecular complexity index is 1250. The first kappa shape index (κ1) is 19.1. The number of aryl methyl sites for hydroxylation is 1. The molecule has 1 heterocycles. The molecule has 0 saturated heterocycles. The number of azo groups is 1. The number of hydrogen-bond acceptors (Lipinski definition) is 4. The summed E-state index contributed by atoms with van der Waals surface area (Å²) in [5, 5.41) is 21.0. The smallest absolute Gasteiger partial charge is 0.302 e. The molecule has 0 spiro atoms. The molecular formula is C22H18BrN3O3. The zero-order valence-corrected chi connectivity index (χ0v) is 17.3. The number of fused-ring (bicyclic) bond motifs is 2. The van der Waals surface area contributed by atoms with E-state index in [1.54, 1.807) is 10.6 Å². The average molecular weight is 452 g/mol. The summed E-state index contributed by atoms with van der Waals surface area (Å²) < 4.78 is 8.28. The predicted octanol–water partition coefficient (Wildman–Crippen LogP) is 5.97. The van der Waals surface area contributed by atoms with Gasteiger partial charge in [0.25, 0.3) is 0 Å². The van der Waals surface area contributed by atoms with E-state index in [-0.39, 0.29) is 18.2 Å². The second-order valence-electron chi connectivity index (χ2n) is 6.47. The number of nitrogens with zero attached hydrogens (tertiary/aromatic N) is 3. The second kappa shape index (κ2) is 8.05. The van der Waals surface area contributed by atoms with Gasteiger partial charge in [0.15, 0.2) is 12.3 Å². The van der Waals surface area contributed by atoms with Crippen LogP contribution in [0.5, 0.6) is 11.6 Å². The molecule has 1 N–H and O–H groups in total. The van der Waals surface area contributed by atoms with Gasteiger partial charge in [-0.15, -0.1) is 10.2 Å². The third-order valence-electron chi connectivity index (χ3n) is 4.63. The Morgan fingerprint density at radius 2 is 1.86 bits per heavy atom. The summed E-state index contributed by atoms with van der Waals surface area (Å²) in [4.78, 5) is 12.1. The van der Waals surface area contributed by atoms with E-state index in [0.29, 0.717) is 12.3 Å². The molecule has 0 atom stereocenters. The maximum atomic E-state index is 12.1. The molecule has 7 heteroatoms. The molecule has 0 unspecified atom stereocenters. The number of halogens is 1. The van der Waals surface area contributed by atoms with Crippen LogP contribution in [0, 0.1) is 0 Å². The molecule has 146 valence electrons. The number of aromatic hydroxyl groups is 1. The van der Waals surface area contributed by atoms with E-state index in [0.717, 1.165) is 26.1 Å². The van der Waals surface area contributed by atoms with Crippen molar-refractivity contribution >= 4 is 49.2 Å². The summed E-state index contributed by atoms with van der Waals surface area (Å²) in [7, 11) is 0. The number of hydrogen-bond donors (Lipinski definition) is 1. The molecule has 0 saturated carbocycles. The van der Waals surface area contributed by atoms with Gasteiger partial charge in [-0.3, -0.25) is 4.79 Å². The first-order valence-electron chi connectivity index (χ1n) is 9.13. The summed E-state index contributed by atoms with van der Waals surface area (Å²) >= 11 is 3.45. The molecule has 0 radical (unpaired) electrons. The van der Waals surface area contributed by atoms with E-state index in [4.69, 9.17) is 4.74 Å². The molecular weight excluding hydrogens is 434 g/mol. The van der Waals surface area contributed by atoms with Crippen molar-refractivity contribution in [3.63, 3.8) is 0 Å². The van der Waals surface area contributed by atoms with Gasteiger partial charge >= 0.3 is 5.91 Å². The van der Waals surface area contributed by atoms with E-state index in [9.17, 15) is 9.90 Å². The molecule has 0 bridgehead atoms. The number of ether oxygens (including phenoxy) is 1. The lowest BCUT2D eigenvalue weighted by Gasteiger charge is -2.05. The minimum absolute atomic E-state index is 0.00754. The third kappa shape index (κ3) is 3.86. The lowest BCUT2D eigenvalue weighted by molar-refractivity contribution is -0.120. The highest BCUT2D eigenvalue weighted by atomic mass is 79.9. The lowest BCUT2D eigenvalue weighted by Crippen LogP contribution is -2.07. The van der Waals surface area contributed by atoms with Crippen LogP contribution in [0.15, 0.2) is 75.4 Å². The Morgan fingerprint density at radius 3 is 2.69 bits per heavy atom. The Labute approximate surface area is 175 Å². The predicted molar refractivity (Wildman–Crippen MR) is 116 cm³/mol. The molecule has 6 nitrogen and oxygen atoms in total. The van der Waals surface area contributed by atoms with Crippen molar-refractivity contribution in [2.45, 2.75) is 13.5 Å². The molecule has 4 rings (SSSR count). The van der Waals surface area contributed by atoms with Gasteiger partial charge in [0.05, 0.1) is 5.52 Å². The highest BCUT2D eigenvalue weighted by Crippen LogP contribution is 2.38. The molecule has 3 aromatic carbocycles. The number of amides is 1. The topological polar surface area (TPSA) is 76.2 Å². The summed E-state index contributed by atoms with van der Waals surface area (Å²) in [6.45, 7) is 2.27. The Kier molecular flexibility index (Phi) is 5.31. The number of para-hydroxylation sites is 1. The van der Waals surface area contributed by atoms with Crippen LogP contribution in [0.25, 0.3) is 21.7 Å². The van der Waals surface area contributed by atoms with Crippen LogP contribution >= 0.6 is 15.9 Å². The first-order valence-corrected chi connectivity index (χ1v) is 9.93. The molecule has 1 aromatic heterocycles. The molecule has 0 fully saturated rings.